The Morgan fingerprint density at radius 2 is 1.93 bits per heavy atom. The van der Waals surface area contributed by atoms with Crippen LogP contribution < -0.4 is 4.90 Å². The van der Waals surface area contributed by atoms with Gasteiger partial charge in [0.05, 0.1) is 11.3 Å². The summed E-state index contributed by atoms with van der Waals surface area (Å²) >= 11 is 0.363. The Balaban J connectivity index is 1.95. The van der Waals surface area contributed by atoms with Gasteiger partial charge >= 0.3 is 5.97 Å². The van der Waals surface area contributed by atoms with E-state index in [1.165, 1.54) is 18.2 Å². The van der Waals surface area contributed by atoms with Crippen LogP contribution in [0.4, 0.5) is 23.2 Å². The zero-order chi connectivity index (χ0) is 21.1. The van der Waals surface area contributed by atoms with E-state index in [0.29, 0.717) is 35.4 Å². The minimum atomic E-state index is -3.14. The van der Waals surface area contributed by atoms with Gasteiger partial charge in [-0.2, -0.15) is 0 Å². The van der Waals surface area contributed by atoms with E-state index < -0.39 is 23.7 Å². The van der Waals surface area contributed by atoms with Crippen molar-refractivity contribution in [2.75, 3.05) is 11.4 Å². The van der Waals surface area contributed by atoms with Crippen LogP contribution in [0.1, 0.15) is 34.3 Å². The second-order valence-electron chi connectivity index (χ2n) is 7.16. The number of benzene rings is 2. The van der Waals surface area contributed by atoms with E-state index in [0.717, 1.165) is 12.8 Å². The number of halogens is 4. The lowest BCUT2D eigenvalue weighted by atomic mass is 10.1. The summed E-state index contributed by atoms with van der Waals surface area (Å²) in [5.41, 5.74) is -1.23. The molecule has 0 bridgehead atoms. The number of thioether (sulfide) groups is 1. The van der Waals surface area contributed by atoms with Crippen molar-refractivity contribution in [2.24, 2.45) is 5.92 Å². The molecule has 1 saturated carbocycles. The topological polar surface area (TPSA) is 40.5 Å². The average Bonchev–Trinajstić information content (AvgIpc) is 3.47. The average molecular weight is 427 g/mol. The SMILES string of the molecule is Cc1cc(F)c(N(Cc2ccccc2C(=O)O)CC2CC2)cc1SC(F)C(F)F. The fourth-order valence-electron chi connectivity index (χ4n) is 3.12. The lowest BCUT2D eigenvalue weighted by molar-refractivity contribution is 0.0695. The largest absolute Gasteiger partial charge is 0.478 e. The van der Waals surface area contributed by atoms with Crippen LogP contribution in [-0.4, -0.2) is 29.5 Å². The molecule has 2 aromatic rings. The summed E-state index contributed by atoms with van der Waals surface area (Å²) in [5, 5.41) is 9.42. The fraction of sp³-hybridized carbons (Fsp3) is 0.381. The molecule has 0 spiro atoms. The minimum Gasteiger partial charge on any atom is -0.478 e. The number of carboxylic acid groups (broad SMARTS) is 1. The maximum Gasteiger partial charge on any atom is 0.336 e. The highest BCUT2D eigenvalue weighted by Crippen LogP contribution is 2.38. The van der Waals surface area contributed by atoms with Crippen LogP contribution in [-0.2, 0) is 6.54 Å². The molecular formula is C21H21F4NO2S. The molecule has 3 rings (SSSR count). The molecule has 1 N–H and O–H groups in total. The van der Waals surface area contributed by atoms with E-state index in [9.17, 15) is 27.5 Å². The molecule has 1 aliphatic carbocycles. The first-order valence-electron chi connectivity index (χ1n) is 9.21. The van der Waals surface area contributed by atoms with Crippen molar-refractivity contribution in [3.63, 3.8) is 0 Å². The van der Waals surface area contributed by atoms with E-state index in [1.807, 2.05) is 0 Å². The molecule has 0 aromatic heterocycles. The minimum absolute atomic E-state index is 0.122. The van der Waals surface area contributed by atoms with Gasteiger partial charge in [0, 0.05) is 18.0 Å². The van der Waals surface area contributed by atoms with Crippen LogP contribution in [0.25, 0.3) is 0 Å². The van der Waals surface area contributed by atoms with Gasteiger partial charge in [0.1, 0.15) is 5.82 Å². The Labute approximate surface area is 170 Å². The zero-order valence-electron chi connectivity index (χ0n) is 15.7. The Hall–Kier alpha value is -2.22. The van der Waals surface area contributed by atoms with Gasteiger partial charge in [0.2, 0.25) is 5.50 Å². The molecule has 0 amide bonds. The number of hydrogen-bond acceptors (Lipinski definition) is 3. The highest BCUT2D eigenvalue weighted by molar-refractivity contribution is 7.99. The predicted molar refractivity (Wildman–Crippen MR) is 105 cm³/mol. The first-order valence-corrected chi connectivity index (χ1v) is 10.1. The van der Waals surface area contributed by atoms with Crippen molar-refractivity contribution in [1.29, 1.82) is 0 Å². The first kappa shape index (κ1) is 21.5. The maximum atomic E-state index is 14.8. The molecule has 0 aliphatic heterocycles. The molecule has 0 radical (unpaired) electrons. The Morgan fingerprint density at radius 3 is 2.55 bits per heavy atom. The molecule has 3 nitrogen and oxygen atoms in total. The fourth-order valence-corrected chi connectivity index (χ4v) is 3.89. The van der Waals surface area contributed by atoms with E-state index in [4.69, 9.17) is 0 Å². The molecule has 0 saturated heterocycles. The zero-order valence-corrected chi connectivity index (χ0v) is 16.6. The number of aromatic carboxylic acids is 1. The van der Waals surface area contributed by atoms with Crippen LogP contribution in [0, 0.1) is 18.7 Å². The molecule has 1 unspecified atom stereocenters. The van der Waals surface area contributed by atoms with Gasteiger partial charge in [-0.3, -0.25) is 0 Å². The van der Waals surface area contributed by atoms with E-state index in [-0.39, 0.29) is 22.7 Å². The molecule has 0 heterocycles. The smallest absolute Gasteiger partial charge is 0.336 e. The van der Waals surface area contributed by atoms with Crippen LogP contribution in [0.2, 0.25) is 0 Å². The third-order valence-corrected chi connectivity index (χ3v) is 5.93. The maximum absolute atomic E-state index is 14.8. The predicted octanol–water partition coefficient (Wildman–Crippen LogP) is 5.90. The summed E-state index contributed by atoms with van der Waals surface area (Å²) in [6, 6.07) is 9.07. The quantitative estimate of drug-likeness (QED) is 0.399. The van der Waals surface area contributed by atoms with Crippen molar-refractivity contribution in [3.8, 4) is 0 Å². The molecule has 2 aromatic carbocycles. The molecule has 156 valence electrons. The van der Waals surface area contributed by atoms with Crippen molar-refractivity contribution in [1.82, 2.24) is 0 Å². The highest BCUT2D eigenvalue weighted by atomic mass is 32.2. The van der Waals surface area contributed by atoms with Gasteiger partial charge < -0.3 is 10.0 Å². The molecule has 1 aliphatic rings. The van der Waals surface area contributed by atoms with Crippen molar-refractivity contribution in [2.45, 2.75) is 43.1 Å². The van der Waals surface area contributed by atoms with E-state index in [2.05, 4.69) is 0 Å². The lowest BCUT2D eigenvalue weighted by Crippen LogP contribution is -2.27. The second kappa shape index (κ2) is 9.07. The van der Waals surface area contributed by atoms with Crippen molar-refractivity contribution >= 4 is 23.4 Å². The van der Waals surface area contributed by atoms with Gasteiger partial charge in [-0.05, 0) is 55.0 Å². The third kappa shape index (κ3) is 5.44. The van der Waals surface area contributed by atoms with Gasteiger partial charge in [-0.15, -0.1) is 0 Å². The molecular weight excluding hydrogens is 406 g/mol. The van der Waals surface area contributed by atoms with Gasteiger partial charge in [0.15, 0.2) is 0 Å². The van der Waals surface area contributed by atoms with Crippen molar-refractivity contribution in [3.05, 3.63) is 58.9 Å². The number of hydrogen-bond donors (Lipinski definition) is 1. The van der Waals surface area contributed by atoms with E-state index in [1.54, 1.807) is 30.0 Å². The van der Waals surface area contributed by atoms with Gasteiger partial charge in [-0.1, -0.05) is 30.0 Å². The van der Waals surface area contributed by atoms with Crippen LogP contribution in [0.5, 0.6) is 0 Å². The lowest BCUT2D eigenvalue weighted by Gasteiger charge is -2.27. The Kier molecular flexibility index (Phi) is 6.72. The van der Waals surface area contributed by atoms with Crippen LogP contribution >= 0.6 is 11.8 Å². The Morgan fingerprint density at radius 1 is 1.24 bits per heavy atom. The number of rotatable bonds is 9. The number of nitrogens with zero attached hydrogens (tertiary/aromatic N) is 1. The normalized spacial score (nSPS) is 14.8. The van der Waals surface area contributed by atoms with Crippen LogP contribution in [0.15, 0.2) is 41.3 Å². The monoisotopic (exact) mass is 427 g/mol. The van der Waals surface area contributed by atoms with Crippen molar-refractivity contribution < 1.29 is 27.5 Å². The first-order chi connectivity index (χ1) is 13.8. The second-order valence-corrected chi connectivity index (χ2v) is 8.28. The van der Waals surface area contributed by atoms with E-state index >= 15 is 0 Å². The summed E-state index contributed by atoms with van der Waals surface area (Å²) in [5.74, 6) is -1.27. The summed E-state index contributed by atoms with van der Waals surface area (Å²) < 4.78 is 53.6. The molecule has 1 fully saturated rings. The highest BCUT2D eigenvalue weighted by Gasteiger charge is 2.28. The number of carboxylic acids is 1. The Bertz CT molecular complexity index is 889. The third-order valence-electron chi connectivity index (χ3n) is 4.81. The van der Waals surface area contributed by atoms with Gasteiger partial charge in [0.25, 0.3) is 6.43 Å². The summed E-state index contributed by atoms with van der Waals surface area (Å²) in [6.07, 6.45) is -1.16. The molecule has 8 heteroatoms. The number of anilines is 1. The summed E-state index contributed by atoms with van der Waals surface area (Å²) in [6.45, 7) is 2.20. The number of alkyl halides is 3. The van der Waals surface area contributed by atoms with Crippen LogP contribution in [0.3, 0.4) is 0 Å². The summed E-state index contributed by atoms with van der Waals surface area (Å²) in [4.78, 5) is 13.5. The molecule has 1 atom stereocenters. The number of carbonyl (C=O) groups is 1. The molecule has 29 heavy (non-hydrogen) atoms. The standard InChI is InChI=1S/C21H21F4NO2S/c1-12-8-16(22)17(9-18(12)29-20(25)19(23)24)26(10-13-6-7-13)11-14-4-2-3-5-15(14)21(27)28/h2-5,8-9,13,19-20H,6-7,10-11H2,1H3,(H,27,28). The van der Waals surface area contributed by atoms with Gasteiger partial charge in [-0.25, -0.2) is 22.4 Å². The number of aryl methyl sites for hydroxylation is 1. The summed E-state index contributed by atoms with van der Waals surface area (Å²) in [7, 11) is 0.